The molecule has 5 rings (SSSR count). The van der Waals surface area contributed by atoms with E-state index in [0.717, 1.165) is 30.0 Å². The largest absolute Gasteiger partial charge is 0.497 e. The quantitative estimate of drug-likeness (QED) is 0.119. The lowest BCUT2D eigenvalue weighted by Crippen LogP contribution is -2.30. The van der Waals surface area contributed by atoms with E-state index in [1.807, 2.05) is 30.3 Å². The maximum atomic E-state index is 13.2. The number of benzene rings is 3. The summed E-state index contributed by atoms with van der Waals surface area (Å²) >= 11 is 0. The summed E-state index contributed by atoms with van der Waals surface area (Å²) in [6.45, 7) is 4.21. The number of sulfonamides is 1. The van der Waals surface area contributed by atoms with Crippen molar-refractivity contribution in [2.75, 3.05) is 43.1 Å². The van der Waals surface area contributed by atoms with Crippen molar-refractivity contribution in [3.8, 4) is 22.8 Å². The van der Waals surface area contributed by atoms with Gasteiger partial charge >= 0.3 is 6.47 Å². The van der Waals surface area contributed by atoms with Gasteiger partial charge in [0.05, 0.1) is 30.0 Å². The van der Waals surface area contributed by atoms with Crippen LogP contribution in [0.1, 0.15) is 19.3 Å². The number of hydrogen-bond donors (Lipinski definition) is 1. The number of likely N-dealkylation sites (tertiary alicyclic amines) is 1. The molecular weight excluding hydrogens is 570 g/mol. The van der Waals surface area contributed by atoms with Gasteiger partial charge in [-0.2, -0.15) is 8.42 Å². The number of carbonyl (C=O) groups excluding carboxylic acids is 1. The van der Waals surface area contributed by atoms with Gasteiger partial charge in [0.1, 0.15) is 23.6 Å². The van der Waals surface area contributed by atoms with Crippen molar-refractivity contribution < 1.29 is 27.5 Å². The number of carbonyl (C=O) groups is 1. The van der Waals surface area contributed by atoms with Gasteiger partial charge in [0, 0.05) is 23.9 Å². The lowest BCUT2D eigenvalue weighted by atomic mass is 10.1. The van der Waals surface area contributed by atoms with E-state index in [2.05, 4.69) is 20.2 Å². The van der Waals surface area contributed by atoms with Crippen LogP contribution in [0.2, 0.25) is 0 Å². The Morgan fingerprint density at radius 3 is 2.30 bits per heavy atom. The van der Waals surface area contributed by atoms with Crippen LogP contribution < -0.4 is 19.3 Å². The normalized spacial score (nSPS) is 13.3. The molecule has 0 amide bonds. The monoisotopic (exact) mass is 603 g/mol. The van der Waals surface area contributed by atoms with Gasteiger partial charge in [0.25, 0.3) is 10.0 Å². The lowest BCUT2D eigenvalue weighted by molar-refractivity contribution is -0.128. The summed E-state index contributed by atoms with van der Waals surface area (Å²) in [7, 11) is -2.71. The molecule has 43 heavy (non-hydrogen) atoms. The molecule has 4 aromatic rings. The standard InChI is InChI=1S/C31H33N5O6S/c1-40-27-13-15-29(16-14-27)43(38,39)36(42-23-37)26-9-7-25(8-10-26)34-31-21-30(32-22-33-31)24-5-11-28(12-6-24)41-20-4-19-35-17-2-3-18-35/h5-16,21-23H,2-4,17-20H2,1H3,(H,32,33,34). The average molecular weight is 604 g/mol. The summed E-state index contributed by atoms with van der Waals surface area (Å²) in [5.74, 6) is 1.86. The number of hydrogen-bond acceptors (Lipinski definition) is 10. The third-order valence-electron chi connectivity index (χ3n) is 6.97. The van der Waals surface area contributed by atoms with Gasteiger partial charge in [-0.1, -0.05) is 4.47 Å². The van der Waals surface area contributed by atoms with Crippen LogP contribution in [0.25, 0.3) is 11.3 Å². The highest BCUT2D eigenvalue weighted by Crippen LogP contribution is 2.28. The fourth-order valence-corrected chi connectivity index (χ4v) is 5.96. The Balaban J connectivity index is 1.21. The molecule has 224 valence electrons. The number of anilines is 3. The van der Waals surface area contributed by atoms with Crippen molar-refractivity contribution in [3.05, 3.63) is 85.2 Å². The third-order valence-corrected chi connectivity index (χ3v) is 8.57. The first-order chi connectivity index (χ1) is 21.0. The summed E-state index contributed by atoms with van der Waals surface area (Å²) in [6, 6.07) is 21.7. The topological polar surface area (TPSA) is 123 Å². The number of aromatic nitrogens is 2. The Kier molecular flexibility index (Phi) is 9.70. The van der Waals surface area contributed by atoms with Crippen LogP contribution in [0.15, 0.2) is 90.1 Å². The minimum atomic E-state index is -4.19. The average Bonchev–Trinajstić information content (AvgIpc) is 3.57. The van der Waals surface area contributed by atoms with Gasteiger partial charge in [-0.15, -0.1) is 0 Å². The van der Waals surface area contributed by atoms with Gasteiger partial charge in [-0.05, 0) is 105 Å². The van der Waals surface area contributed by atoms with Crippen molar-refractivity contribution in [2.24, 2.45) is 0 Å². The first-order valence-corrected chi connectivity index (χ1v) is 15.3. The first kappa shape index (κ1) is 29.8. The van der Waals surface area contributed by atoms with E-state index in [0.29, 0.717) is 28.3 Å². The lowest BCUT2D eigenvalue weighted by Gasteiger charge is -2.21. The van der Waals surface area contributed by atoms with Crippen molar-refractivity contribution in [2.45, 2.75) is 24.2 Å². The van der Waals surface area contributed by atoms with Crippen LogP contribution in [-0.2, 0) is 19.7 Å². The van der Waals surface area contributed by atoms with Crippen LogP contribution >= 0.6 is 0 Å². The summed E-state index contributed by atoms with van der Waals surface area (Å²) in [4.78, 5) is 27.1. The molecule has 0 saturated carbocycles. The zero-order valence-corrected chi connectivity index (χ0v) is 24.6. The Bertz CT molecular complexity index is 1590. The molecule has 2 heterocycles. The zero-order valence-electron chi connectivity index (χ0n) is 23.8. The fourth-order valence-electron chi connectivity index (χ4n) is 4.74. The Morgan fingerprint density at radius 1 is 0.930 bits per heavy atom. The highest BCUT2D eigenvalue weighted by molar-refractivity contribution is 7.92. The predicted octanol–water partition coefficient (Wildman–Crippen LogP) is 5.04. The molecule has 11 nitrogen and oxygen atoms in total. The Labute approximate surface area is 251 Å². The van der Waals surface area contributed by atoms with Crippen LogP contribution in [0.4, 0.5) is 17.2 Å². The maximum absolute atomic E-state index is 13.2. The number of nitrogens with one attached hydrogen (secondary N) is 1. The van der Waals surface area contributed by atoms with E-state index < -0.39 is 10.0 Å². The van der Waals surface area contributed by atoms with Gasteiger partial charge in [-0.25, -0.2) is 9.97 Å². The second-order valence-corrected chi connectivity index (χ2v) is 11.6. The highest BCUT2D eigenvalue weighted by Gasteiger charge is 2.27. The molecule has 0 bridgehead atoms. The van der Waals surface area contributed by atoms with Gasteiger partial charge in [0.15, 0.2) is 0 Å². The van der Waals surface area contributed by atoms with E-state index >= 15 is 0 Å². The SMILES string of the molecule is COc1ccc(S(=O)(=O)N(OC=O)c2ccc(Nc3cc(-c4ccc(OCCCN5CCCC5)cc4)ncn3)cc2)cc1. The number of nitrogens with zero attached hydrogens (tertiary/aromatic N) is 4. The molecule has 0 aliphatic carbocycles. The zero-order chi connectivity index (χ0) is 30.1. The van der Waals surface area contributed by atoms with E-state index in [1.54, 1.807) is 12.1 Å². The van der Waals surface area contributed by atoms with Crippen molar-refractivity contribution >= 4 is 33.7 Å². The van der Waals surface area contributed by atoms with Crippen molar-refractivity contribution in [3.63, 3.8) is 0 Å². The molecule has 1 saturated heterocycles. The van der Waals surface area contributed by atoms with Gasteiger partial charge in [0.2, 0.25) is 0 Å². The summed E-state index contributed by atoms with van der Waals surface area (Å²) in [5, 5.41) is 3.19. The smallest absolute Gasteiger partial charge is 0.322 e. The molecule has 12 heteroatoms. The van der Waals surface area contributed by atoms with E-state index in [-0.39, 0.29) is 17.1 Å². The summed E-state index contributed by atoms with van der Waals surface area (Å²) in [6.07, 6.45) is 5.06. The van der Waals surface area contributed by atoms with Crippen molar-refractivity contribution in [1.29, 1.82) is 0 Å². The second kappa shape index (κ2) is 14.0. The Hall–Kier alpha value is -4.68. The predicted molar refractivity (Wildman–Crippen MR) is 163 cm³/mol. The molecule has 0 spiro atoms. The minimum Gasteiger partial charge on any atom is -0.497 e. The maximum Gasteiger partial charge on any atom is 0.322 e. The molecule has 1 aliphatic rings. The number of rotatable bonds is 14. The van der Waals surface area contributed by atoms with E-state index in [9.17, 15) is 13.2 Å². The van der Waals surface area contributed by atoms with E-state index in [1.165, 1.54) is 75.8 Å². The number of methoxy groups -OCH3 is 1. The van der Waals surface area contributed by atoms with Gasteiger partial charge < -0.3 is 24.5 Å². The molecule has 1 aliphatic heterocycles. The van der Waals surface area contributed by atoms with Crippen LogP contribution in [0.5, 0.6) is 11.5 Å². The molecule has 1 N–H and O–H groups in total. The molecule has 0 atom stereocenters. The Morgan fingerprint density at radius 2 is 1.63 bits per heavy atom. The highest BCUT2D eigenvalue weighted by atomic mass is 32.2. The van der Waals surface area contributed by atoms with Crippen LogP contribution in [0, 0.1) is 0 Å². The molecule has 0 unspecified atom stereocenters. The summed E-state index contributed by atoms with van der Waals surface area (Å²) in [5.41, 5.74) is 2.41. The van der Waals surface area contributed by atoms with Crippen molar-refractivity contribution in [1.82, 2.24) is 14.9 Å². The molecule has 0 radical (unpaired) electrons. The third kappa shape index (κ3) is 7.59. The minimum absolute atomic E-state index is 0.0594. The van der Waals surface area contributed by atoms with Crippen LogP contribution in [0.3, 0.4) is 0 Å². The molecule has 1 aromatic heterocycles. The molecule has 1 fully saturated rings. The van der Waals surface area contributed by atoms with Crippen LogP contribution in [-0.4, -0.2) is 63.1 Å². The second-order valence-electron chi connectivity index (χ2n) is 9.84. The van der Waals surface area contributed by atoms with Gasteiger partial charge in [-0.3, -0.25) is 4.79 Å². The fraction of sp³-hybridized carbons (Fsp3) is 0.258. The molecular formula is C31H33N5O6S. The molecule has 3 aromatic carbocycles. The summed E-state index contributed by atoms with van der Waals surface area (Å²) < 4.78 is 37.9. The first-order valence-electron chi connectivity index (χ1n) is 13.9. The number of ether oxygens (including phenoxy) is 2. The van der Waals surface area contributed by atoms with E-state index in [4.69, 9.17) is 14.3 Å².